The third-order valence-electron chi connectivity index (χ3n) is 6.34. The van der Waals surface area contributed by atoms with Gasteiger partial charge in [-0.15, -0.1) is 0 Å². The summed E-state index contributed by atoms with van der Waals surface area (Å²) in [6.45, 7) is 4.58. The van der Waals surface area contributed by atoms with Crippen LogP contribution < -0.4 is 9.62 Å². The lowest BCUT2D eigenvalue weighted by Gasteiger charge is -2.33. The van der Waals surface area contributed by atoms with E-state index in [-0.39, 0.29) is 28.2 Å². The molecule has 0 aliphatic rings. The van der Waals surface area contributed by atoms with Gasteiger partial charge in [-0.05, 0) is 74.9 Å². The molecule has 0 aromatic heterocycles. The van der Waals surface area contributed by atoms with E-state index >= 15 is 0 Å². The number of nitrogens with zero attached hydrogens (tertiary/aromatic N) is 2. The number of amides is 2. The van der Waals surface area contributed by atoms with Crippen molar-refractivity contribution in [2.45, 2.75) is 50.7 Å². The van der Waals surface area contributed by atoms with E-state index in [9.17, 15) is 18.0 Å². The maximum Gasteiger partial charge on any atom is 0.264 e. The van der Waals surface area contributed by atoms with Gasteiger partial charge in [0, 0.05) is 38.2 Å². The number of hydrogen-bond donors (Lipinski definition) is 1. The molecule has 0 heterocycles. The third kappa shape index (κ3) is 7.83. The largest absolute Gasteiger partial charge is 0.352 e. The van der Waals surface area contributed by atoms with Gasteiger partial charge in [-0.25, -0.2) is 8.42 Å². The molecule has 0 saturated heterocycles. The number of rotatable bonds is 11. The Morgan fingerprint density at radius 2 is 1.48 bits per heavy atom. The zero-order valence-corrected chi connectivity index (χ0v) is 25.9. The first-order valence-electron chi connectivity index (χ1n) is 12.4. The monoisotopic (exact) mass is 643 g/mol. The van der Waals surface area contributed by atoms with E-state index in [1.165, 1.54) is 41.3 Å². The van der Waals surface area contributed by atoms with Crippen molar-refractivity contribution < 1.29 is 18.0 Å². The van der Waals surface area contributed by atoms with E-state index in [1.807, 2.05) is 13.8 Å². The molecule has 0 aliphatic carbocycles. The molecule has 7 nitrogen and oxygen atoms in total. The van der Waals surface area contributed by atoms with Crippen molar-refractivity contribution in [3.63, 3.8) is 0 Å². The minimum atomic E-state index is -4.26. The second-order valence-corrected chi connectivity index (χ2v) is 12.7. The zero-order valence-electron chi connectivity index (χ0n) is 22.1. The molecule has 0 bridgehead atoms. The Hall–Kier alpha value is -2.49. The van der Waals surface area contributed by atoms with Gasteiger partial charge in [0.15, 0.2) is 0 Å². The van der Waals surface area contributed by atoms with E-state index in [4.69, 9.17) is 46.4 Å². The molecule has 3 aromatic rings. The van der Waals surface area contributed by atoms with E-state index < -0.39 is 34.4 Å². The third-order valence-corrected chi connectivity index (χ3v) is 9.32. The highest BCUT2D eigenvalue weighted by atomic mass is 35.5. The summed E-state index contributed by atoms with van der Waals surface area (Å²) in [5.41, 5.74) is 0.598. The summed E-state index contributed by atoms with van der Waals surface area (Å²) in [7, 11) is -4.26. The highest BCUT2D eigenvalue weighted by Crippen LogP contribution is 2.29. The molecular formula is C28H29Cl4N3O4S. The number of nitrogens with one attached hydrogen (secondary N) is 1. The van der Waals surface area contributed by atoms with Crippen LogP contribution in [0.3, 0.4) is 0 Å². The fourth-order valence-corrected chi connectivity index (χ4v) is 6.03. The van der Waals surface area contributed by atoms with Crippen molar-refractivity contribution in [1.82, 2.24) is 10.2 Å². The van der Waals surface area contributed by atoms with Crippen molar-refractivity contribution in [3.05, 3.63) is 92.4 Å². The summed E-state index contributed by atoms with van der Waals surface area (Å²) in [6.07, 6.45) is 0.685. The number of benzene rings is 3. The fraction of sp³-hybridized carbons (Fsp3) is 0.286. The maximum absolute atomic E-state index is 14.0. The van der Waals surface area contributed by atoms with E-state index in [0.717, 1.165) is 4.31 Å². The molecule has 12 heteroatoms. The van der Waals surface area contributed by atoms with Gasteiger partial charge in [-0.1, -0.05) is 65.5 Å². The summed E-state index contributed by atoms with van der Waals surface area (Å²) in [4.78, 5) is 28.3. The SMILES string of the molecule is CC[C@H](C)NC(=O)[C@@H](C)N(Cc1c(Cl)cccc1Cl)C(=O)CN(c1cccc(Cl)c1)S(=O)(=O)c1ccc(Cl)cc1. The maximum atomic E-state index is 14.0. The molecule has 2 amide bonds. The summed E-state index contributed by atoms with van der Waals surface area (Å²) in [5.74, 6) is -1.05. The van der Waals surface area contributed by atoms with E-state index in [2.05, 4.69) is 5.32 Å². The van der Waals surface area contributed by atoms with Crippen molar-refractivity contribution >= 4 is 73.9 Å². The second-order valence-electron chi connectivity index (χ2n) is 9.16. The normalized spacial score (nSPS) is 12.9. The standard InChI is InChI=1S/C28H29Cl4N3O4S/c1-4-18(2)33-28(37)19(3)34(16-24-25(31)9-6-10-26(24)32)27(36)17-35(22-8-5-7-21(30)15-22)40(38,39)23-13-11-20(29)12-14-23/h5-15,18-19H,4,16-17H2,1-3H3,(H,33,37)/t18-,19+/m0/s1. The van der Waals surface area contributed by atoms with Gasteiger partial charge >= 0.3 is 0 Å². The highest BCUT2D eigenvalue weighted by molar-refractivity contribution is 7.92. The molecule has 40 heavy (non-hydrogen) atoms. The van der Waals surface area contributed by atoms with Crippen LogP contribution >= 0.6 is 46.4 Å². The Kier molecular flexibility index (Phi) is 11.1. The molecular weight excluding hydrogens is 616 g/mol. The van der Waals surface area contributed by atoms with Crippen LogP contribution in [0.15, 0.2) is 71.6 Å². The van der Waals surface area contributed by atoms with Gasteiger partial charge in [-0.2, -0.15) is 0 Å². The molecule has 3 rings (SSSR count). The number of anilines is 1. The predicted octanol–water partition coefficient (Wildman–Crippen LogP) is 6.83. The summed E-state index contributed by atoms with van der Waals surface area (Å²) >= 11 is 25.0. The minimum Gasteiger partial charge on any atom is -0.352 e. The van der Waals surface area contributed by atoms with Crippen LogP contribution in [-0.4, -0.2) is 43.8 Å². The molecule has 2 atom stereocenters. The van der Waals surface area contributed by atoms with Crippen LogP contribution in [-0.2, 0) is 26.2 Å². The average molecular weight is 645 g/mol. The summed E-state index contributed by atoms with van der Waals surface area (Å²) < 4.78 is 28.6. The number of hydrogen-bond acceptors (Lipinski definition) is 4. The second kappa shape index (κ2) is 13.9. The first-order valence-corrected chi connectivity index (χ1v) is 15.4. The predicted molar refractivity (Wildman–Crippen MR) is 162 cm³/mol. The molecule has 1 N–H and O–H groups in total. The van der Waals surface area contributed by atoms with Crippen LogP contribution in [0.2, 0.25) is 20.1 Å². The Balaban J connectivity index is 2.07. The molecule has 0 fully saturated rings. The van der Waals surface area contributed by atoms with Crippen molar-refractivity contribution in [2.24, 2.45) is 0 Å². The van der Waals surface area contributed by atoms with Crippen molar-refractivity contribution in [3.8, 4) is 0 Å². The Bertz CT molecular complexity index is 1450. The first kappa shape index (κ1) is 32.0. The van der Waals surface area contributed by atoms with Crippen LogP contribution in [0.1, 0.15) is 32.8 Å². The van der Waals surface area contributed by atoms with Crippen molar-refractivity contribution in [1.29, 1.82) is 0 Å². The van der Waals surface area contributed by atoms with Gasteiger partial charge in [0.25, 0.3) is 10.0 Å². The van der Waals surface area contributed by atoms with Gasteiger partial charge in [-0.3, -0.25) is 13.9 Å². The molecule has 214 valence electrons. The van der Waals surface area contributed by atoms with Crippen molar-refractivity contribution in [2.75, 3.05) is 10.8 Å². The van der Waals surface area contributed by atoms with Gasteiger partial charge in [0.2, 0.25) is 11.8 Å². The van der Waals surface area contributed by atoms with Gasteiger partial charge in [0.05, 0.1) is 10.6 Å². The highest BCUT2D eigenvalue weighted by Gasteiger charge is 2.33. The Morgan fingerprint density at radius 3 is 2.05 bits per heavy atom. The van der Waals surface area contributed by atoms with Crippen LogP contribution in [0.5, 0.6) is 0 Å². The Morgan fingerprint density at radius 1 is 0.875 bits per heavy atom. The number of halogens is 4. The molecule has 0 radical (unpaired) electrons. The molecule has 0 saturated carbocycles. The average Bonchev–Trinajstić information content (AvgIpc) is 2.91. The van der Waals surface area contributed by atoms with E-state index in [1.54, 1.807) is 37.3 Å². The lowest BCUT2D eigenvalue weighted by molar-refractivity contribution is -0.139. The van der Waals surface area contributed by atoms with Crippen LogP contribution in [0, 0.1) is 0 Å². The summed E-state index contributed by atoms with van der Waals surface area (Å²) in [5, 5.41) is 4.12. The van der Waals surface area contributed by atoms with Crippen LogP contribution in [0.4, 0.5) is 5.69 Å². The zero-order chi connectivity index (χ0) is 29.6. The minimum absolute atomic E-state index is 0.0760. The summed E-state index contributed by atoms with van der Waals surface area (Å²) in [6, 6.07) is 15.5. The smallest absolute Gasteiger partial charge is 0.264 e. The lowest BCUT2D eigenvalue weighted by atomic mass is 10.1. The fourth-order valence-electron chi connectivity index (χ4n) is 3.80. The number of sulfonamides is 1. The quantitative estimate of drug-likeness (QED) is 0.248. The lowest BCUT2D eigenvalue weighted by Crippen LogP contribution is -2.52. The molecule has 3 aromatic carbocycles. The van der Waals surface area contributed by atoms with Gasteiger partial charge < -0.3 is 10.2 Å². The number of carbonyl (C=O) groups is 2. The Labute approximate surface area is 255 Å². The first-order chi connectivity index (χ1) is 18.8. The van der Waals surface area contributed by atoms with Crippen LogP contribution in [0.25, 0.3) is 0 Å². The topological polar surface area (TPSA) is 86.8 Å². The van der Waals surface area contributed by atoms with E-state index in [0.29, 0.717) is 27.1 Å². The van der Waals surface area contributed by atoms with Gasteiger partial charge in [0.1, 0.15) is 12.6 Å². The molecule has 0 aliphatic heterocycles. The molecule has 0 spiro atoms. The number of carbonyl (C=O) groups excluding carboxylic acids is 2. The molecule has 0 unspecified atom stereocenters.